The van der Waals surface area contributed by atoms with Gasteiger partial charge in [0.1, 0.15) is 0 Å². The first-order valence-corrected chi connectivity index (χ1v) is 5.20. The molecule has 78 valence electrons. The summed E-state index contributed by atoms with van der Waals surface area (Å²) in [5, 5.41) is 0.465. The van der Waals surface area contributed by atoms with Crippen molar-refractivity contribution in [3.8, 4) is 0 Å². The molecule has 3 nitrogen and oxygen atoms in total. The molecule has 0 fully saturated rings. The molecule has 0 amide bonds. The SMILES string of the molecule is C=CS(=O)(=O)O.FP(F)(F)(F)F.[H-].[Li+]. The van der Waals surface area contributed by atoms with Crippen molar-refractivity contribution >= 4 is 18.3 Å². The molecule has 0 bridgehead atoms. The van der Waals surface area contributed by atoms with Crippen molar-refractivity contribution in [3.63, 3.8) is 0 Å². The zero-order valence-electron chi connectivity index (χ0n) is 7.29. The summed E-state index contributed by atoms with van der Waals surface area (Å²) >= 11 is 0. The number of hydrogen-bond acceptors (Lipinski definition) is 2. The van der Waals surface area contributed by atoms with Gasteiger partial charge in [-0.15, -0.1) is 0 Å². The molecule has 0 radical (unpaired) electrons. The van der Waals surface area contributed by atoms with E-state index >= 15 is 0 Å². The van der Waals surface area contributed by atoms with Gasteiger partial charge in [0.25, 0.3) is 10.1 Å². The van der Waals surface area contributed by atoms with Gasteiger partial charge >= 0.3 is 48.0 Å². The van der Waals surface area contributed by atoms with E-state index < -0.39 is 18.3 Å². The second-order valence-electron chi connectivity index (χ2n) is 1.32. The van der Waals surface area contributed by atoms with Crippen molar-refractivity contribution in [1.82, 2.24) is 0 Å². The Morgan fingerprint density at radius 2 is 1.31 bits per heavy atom. The molecule has 0 heterocycles. The molecule has 11 heteroatoms. The van der Waals surface area contributed by atoms with Crippen LogP contribution in [0.25, 0.3) is 0 Å². The summed E-state index contributed by atoms with van der Waals surface area (Å²) in [6.45, 7) is 2.79. The number of halogens is 5. The Morgan fingerprint density at radius 1 is 1.23 bits per heavy atom. The van der Waals surface area contributed by atoms with Gasteiger partial charge < -0.3 is 1.43 Å². The number of rotatable bonds is 1. The molecular weight excluding hydrogens is 237 g/mol. The maximum atomic E-state index is 9.84. The fourth-order valence-electron chi connectivity index (χ4n) is 0. The Morgan fingerprint density at radius 3 is 1.31 bits per heavy atom. The number of hydrogen-bond donors (Lipinski definition) is 1. The molecule has 0 saturated carbocycles. The van der Waals surface area contributed by atoms with Gasteiger partial charge in [0.15, 0.2) is 0 Å². The molecule has 0 aromatic heterocycles. The first-order valence-electron chi connectivity index (χ1n) is 2.01. The molecule has 0 atom stereocenters. The molecule has 0 aliphatic carbocycles. The third kappa shape index (κ3) is 119. The van der Waals surface area contributed by atoms with Gasteiger partial charge in [-0.05, 0) is 0 Å². The summed E-state index contributed by atoms with van der Waals surface area (Å²) in [5.41, 5.74) is 0. The first kappa shape index (κ1) is 19.0. The van der Waals surface area contributed by atoms with Gasteiger partial charge in [0.05, 0.1) is 5.41 Å². The summed E-state index contributed by atoms with van der Waals surface area (Å²) in [6.07, 6.45) is 0. The van der Waals surface area contributed by atoms with Gasteiger partial charge in [0, 0.05) is 0 Å². The van der Waals surface area contributed by atoms with Crippen LogP contribution < -0.4 is 18.9 Å². The Hall–Kier alpha value is 0.327. The minimum absolute atomic E-state index is 0. The van der Waals surface area contributed by atoms with Gasteiger partial charge in [-0.1, -0.05) is 6.58 Å². The first-order chi connectivity index (χ1) is 4.80. The van der Waals surface area contributed by atoms with Crippen LogP contribution >= 0.6 is 8.16 Å². The van der Waals surface area contributed by atoms with E-state index in [2.05, 4.69) is 6.58 Å². The summed E-state index contributed by atoms with van der Waals surface area (Å²) in [5.74, 6) is 0. The second-order valence-corrected chi connectivity index (χ2v) is 3.96. The Kier molecular flexibility index (Phi) is 7.70. The van der Waals surface area contributed by atoms with E-state index in [0.717, 1.165) is 0 Å². The summed E-state index contributed by atoms with van der Waals surface area (Å²) < 4.78 is 75.8. The van der Waals surface area contributed by atoms with E-state index in [1.807, 2.05) is 0 Å². The fraction of sp³-hybridized carbons (Fsp3) is 0. The van der Waals surface area contributed by atoms with E-state index in [9.17, 15) is 29.4 Å². The molecule has 0 aromatic carbocycles. The van der Waals surface area contributed by atoms with E-state index in [4.69, 9.17) is 4.55 Å². The van der Waals surface area contributed by atoms with Crippen molar-refractivity contribution in [2.45, 2.75) is 0 Å². The molecule has 1 N–H and O–H groups in total. The van der Waals surface area contributed by atoms with Gasteiger partial charge in [-0.25, -0.2) is 0 Å². The quantitative estimate of drug-likeness (QED) is 0.307. The molecule has 13 heavy (non-hydrogen) atoms. The minimum Gasteiger partial charge on any atom is -1.00 e. The van der Waals surface area contributed by atoms with Crippen LogP contribution in [0.15, 0.2) is 12.0 Å². The zero-order valence-corrected chi connectivity index (χ0v) is 8.00. The van der Waals surface area contributed by atoms with Crippen LogP contribution in [0.2, 0.25) is 0 Å². The van der Waals surface area contributed by atoms with Gasteiger partial charge in [-0.2, -0.15) is 8.42 Å². The molecule has 0 aliphatic rings. The topological polar surface area (TPSA) is 54.4 Å². The zero-order chi connectivity index (χ0) is 10.7. The van der Waals surface area contributed by atoms with E-state index in [1.54, 1.807) is 0 Å². The van der Waals surface area contributed by atoms with Crippen LogP contribution in [0.1, 0.15) is 1.43 Å². The van der Waals surface area contributed by atoms with Crippen LogP contribution in [0.5, 0.6) is 0 Å². The normalized spacial score (nSPS) is 13.8. The summed E-state index contributed by atoms with van der Waals surface area (Å²) in [7, 11) is -12.4. The van der Waals surface area contributed by atoms with Crippen molar-refractivity contribution in [2.24, 2.45) is 0 Å². The average molecular weight is 242 g/mol. The van der Waals surface area contributed by atoms with E-state index in [-0.39, 0.29) is 20.3 Å². The maximum Gasteiger partial charge on any atom is 1.00 e. The fourth-order valence-corrected chi connectivity index (χ4v) is 0. The largest absolute Gasteiger partial charge is 1.00 e. The summed E-state index contributed by atoms with van der Waals surface area (Å²) in [6, 6.07) is 0. The Labute approximate surface area is 84.9 Å². The van der Waals surface area contributed by atoms with E-state index in [1.165, 1.54) is 0 Å². The van der Waals surface area contributed by atoms with Crippen molar-refractivity contribution < 1.29 is 54.2 Å². The predicted octanol–water partition coefficient (Wildman–Crippen LogP) is 0.0964. The Bertz CT molecular complexity index is 231. The van der Waals surface area contributed by atoms with Crippen molar-refractivity contribution in [1.29, 1.82) is 0 Å². The van der Waals surface area contributed by atoms with Crippen LogP contribution in [-0.2, 0) is 10.1 Å². The van der Waals surface area contributed by atoms with Gasteiger partial charge in [-0.3, -0.25) is 4.55 Å². The third-order valence-electron chi connectivity index (χ3n) is 0.211. The molecule has 0 spiro atoms. The molecular formula is C2H5F5LiO3PS. The predicted molar refractivity (Wildman–Crippen MR) is 35.3 cm³/mol. The van der Waals surface area contributed by atoms with Crippen molar-refractivity contribution in [2.75, 3.05) is 0 Å². The minimum atomic E-state index is -8.55. The smallest absolute Gasteiger partial charge is 1.00 e. The molecule has 0 unspecified atom stereocenters. The monoisotopic (exact) mass is 242 g/mol. The van der Waals surface area contributed by atoms with Crippen LogP contribution in [0.3, 0.4) is 0 Å². The second kappa shape index (κ2) is 5.27. The standard InChI is InChI=1S/C2H4O3S.F5P.Li.H/c1-2-6(3,4)5;1-6(2,3,4)5;;/h2H,1H2,(H,3,4,5);;;/q;;+1;-1. The van der Waals surface area contributed by atoms with Crippen molar-refractivity contribution in [3.05, 3.63) is 12.0 Å². The van der Waals surface area contributed by atoms with Gasteiger partial charge in [0.2, 0.25) is 0 Å². The molecule has 0 rings (SSSR count). The molecule has 0 saturated heterocycles. The average Bonchev–Trinajstić information content (AvgIpc) is 1.56. The van der Waals surface area contributed by atoms with Crippen LogP contribution in [-0.4, -0.2) is 13.0 Å². The third-order valence-corrected chi connectivity index (χ3v) is 0.632. The van der Waals surface area contributed by atoms with Crippen LogP contribution in [0, 0.1) is 0 Å². The van der Waals surface area contributed by atoms with Crippen LogP contribution in [0.4, 0.5) is 21.0 Å². The molecule has 0 aliphatic heterocycles. The van der Waals surface area contributed by atoms with E-state index in [0.29, 0.717) is 5.41 Å². The summed E-state index contributed by atoms with van der Waals surface area (Å²) in [4.78, 5) is 0. The Balaban J connectivity index is -0.0000000625. The maximum absolute atomic E-state index is 9.84. The molecule has 0 aromatic rings.